The molecule has 0 aliphatic carbocycles. The van der Waals surface area contributed by atoms with Gasteiger partial charge < -0.3 is 24.5 Å². The molecule has 8 nitrogen and oxygen atoms in total. The molecule has 41 heavy (non-hydrogen) atoms. The molecule has 3 aliphatic rings. The lowest BCUT2D eigenvalue weighted by molar-refractivity contribution is -0.148. The third kappa shape index (κ3) is 6.18. The summed E-state index contributed by atoms with van der Waals surface area (Å²) >= 11 is 3.78. The zero-order valence-corrected chi connectivity index (χ0v) is 25.7. The summed E-state index contributed by atoms with van der Waals surface area (Å²) < 4.78 is 6.71. The number of fused-ring (bicyclic) bond motifs is 1. The maximum Gasteiger partial charge on any atom is 0.248 e. The Labute approximate surface area is 252 Å². The number of nitrogens with zero attached hydrogens (tertiary/aromatic N) is 3. The van der Waals surface area contributed by atoms with Crippen LogP contribution in [0.4, 0.5) is 0 Å². The Morgan fingerprint density at radius 2 is 1.80 bits per heavy atom. The number of alkyl halides is 1. The van der Waals surface area contributed by atoms with Crippen LogP contribution < -0.4 is 0 Å². The van der Waals surface area contributed by atoms with Gasteiger partial charge in [0.15, 0.2) is 0 Å². The van der Waals surface area contributed by atoms with Gasteiger partial charge in [0.1, 0.15) is 11.6 Å². The van der Waals surface area contributed by atoms with Crippen LogP contribution >= 0.6 is 15.9 Å². The smallest absolute Gasteiger partial charge is 0.248 e. The van der Waals surface area contributed by atoms with Crippen molar-refractivity contribution < 1.29 is 24.2 Å². The van der Waals surface area contributed by atoms with Gasteiger partial charge in [-0.05, 0) is 37.7 Å². The maximum absolute atomic E-state index is 14.3. The Morgan fingerprint density at radius 1 is 1.10 bits per heavy atom. The molecular weight excluding hydrogens is 586 g/mol. The van der Waals surface area contributed by atoms with Gasteiger partial charge in [0.25, 0.3) is 0 Å². The van der Waals surface area contributed by atoms with Gasteiger partial charge >= 0.3 is 0 Å². The van der Waals surface area contributed by atoms with Crippen LogP contribution in [0.1, 0.15) is 51.0 Å². The van der Waals surface area contributed by atoms with E-state index in [2.05, 4.69) is 36.0 Å². The van der Waals surface area contributed by atoms with E-state index in [-0.39, 0.29) is 29.2 Å². The highest BCUT2D eigenvalue weighted by Crippen LogP contribution is 2.60. The number of rotatable bonds is 16. The van der Waals surface area contributed by atoms with E-state index in [1.54, 1.807) is 26.9 Å². The second-order valence-corrected chi connectivity index (χ2v) is 12.6. The number of carbonyl (C=O) groups is 3. The first kappa shape index (κ1) is 31.4. The largest absolute Gasteiger partial charge is 0.396 e. The molecule has 3 amide bonds. The molecule has 1 spiro atoms. The molecular formula is C32H44BrN3O5. The van der Waals surface area contributed by atoms with Crippen LogP contribution in [0, 0.1) is 11.8 Å². The maximum atomic E-state index is 14.3. The standard InChI is InChI=1S/C32H44BrN3O5/c1-4-7-18-34(16-5-2)31(40)28-32-21-24(33)27(41-32)25(26(32)30(39)36(28)19-12-9-13-20-37)29(38)35(17-6-3)22-23-14-10-8-11-15-23/h5-6,8,10-11,14-15,24-28,37H,2-4,7,9,12-13,16-22H2,1H3/t24?,25-,26+,27-,28?,32?/m1/s1. The average molecular weight is 631 g/mol. The van der Waals surface area contributed by atoms with Gasteiger partial charge in [-0.1, -0.05) is 71.8 Å². The number of ether oxygens (including phenoxy) is 1. The summed E-state index contributed by atoms with van der Waals surface area (Å²) in [6.45, 7) is 12.0. The Hall–Kier alpha value is -2.49. The minimum atomic E-state index is -1.08. The van der Waals surface area contributed by atoms with Crippen molar-refractivity contribution in [2.45, 2.75) is 74.6 Å². The number of aliphatic hydroxyl groups excluding tert-OH is 1. The molecule has 3 aliphatic heterocycles. The van der Waals surface area contributed by atoms with E-state index in [0.29, 0.717) is 52.0 Å². The van der Waals surface area contributed by atoms with Crippen molar-refractivity contribution in [1.29, 1.82) is 0 Å². The molecule has 3 heterocycles. The molecule has 3 unspecified atom stereocenters. The summed E-state index contributed by atoms with van der Waals surface area (Å²) in [6, 6.07) is 8.96. The molecule has 4 rings (SSSR count). The minimum absolute atomic E-state index is 0.0835. The normalized spacial score (nSPS) is 28.0. The lowest BCUT2D eigenvalue weighted by atomic mass is 9.70. The third-order valence-electron chi connectivity index (χ3n) is 8.69. The molecule has 0 aromatic heterocycles. The number of unbranched alkanes of at least 4 members (excludes halogenated alkanes) is 3. The van der Waals surface area contributed by atoms with Crippen molar-refractivity contribution in [2.24, 2.45) is 11.8 Å². The van der Waals surface area contributed by atoms with Crippen molar-refractivity contribution in [2.75, 3.05) is 32.8 Å². The molecule has 1 N–H and O–H groups in total. The van der Waals surface area contributed by atoms with Gasteiger partial charge in [0.2, 0.25) is 17.7 Å². The summed E-state index contributed by atoms with van der Waals surface area (Å²) in [5.41, 5.74) is -0.0908. The summed E-state index contributed by atoms with van der Waals surface area (Å²) in [5.74, 6) is -1.91. The molecule has 6 atom stereocenters. The molecule has 1 aromatic carbocycles. The molecule has 3 saturated heterocycles. The average Bonchev–Trinajstić information content (AvgIpc) is 3.56. The summed E-state index contributed by atoms with van der Waals surface area (Å²) in [6.07, 6.45) is 7.20. The number of aliphatic hydroxyl groups is 1. The van der Waals surface area contributed by atoms with Crippen LogP contribution in [-0.2, 0) is 25.7 Å². The Kier molecular flexibility index (Phi) is 10.8. The Bertz CT molecular complexity index is 1100. The van der Waals surface area contributed by atoms with E-state index < -0.39 is 29.6 Å². The topological polar surface area (TPSA) is 90.4 Å². The van der Waals surface area contributed by atoms with E-state index in [9.17, 15) is 19.5 Å². The highest BCUT2D eigenvalue weighted by molar-refractivity contribution is 9.09. The number of hydrogen-bond donors (Lipinski definition) is 1. The predicted octanol–water partition coefficient (Wildman–Crippen LogP) is 3.93. The number of halogens is 1. The van der Waals surface area contributed by atoms with Gasteiger partial charge in [-0.3, -0.25) is 14.4 Å². The lowest BCUT2D eigenvalue weighted by Gasteiger charge is -2.37. The Balaban J connectivity index is 1.70. The third-order valence-corrected chi connectivity index (χ3v) is 9.53. The molecule has 0 saturated carbocycles. The number of amides is 3. The van der Waals surface area contributed by atoms with Gasteiger partial charge in [0.05, 0.1) is 17.9 Å². The van der Waals surface area contributed by atoms with E-state index in [4.69, 9.17) is 4.74 Å². The van der Waals surface area contributed by atoms with Crippen LogP contribution in [0.15, 0.2) is 55.6 Å². The number of hydrogen-bond acceptors (Lipinski definition) is 5. The van der Waals surface area contributed by atoms with E-state index in [1.807, 2.05) is 30.3 Å². The zero-order chi connectivity index (χ0) is 29.6. The summed E-state index contributed by atoms with van der Waals surface area (Å²) in [5, 5.41) is 9.28. The van der Waals surface area contributed by atoms with Crippen LogP contribution in [0.2, 0.25) is 0 Å². The van der Waals surface area contributed by atoms with Gasteiger partial charge in [-0.25, -0.2) is 0 Å². The second-order valence-electron chi connectivity index (χ2n) is 11.4. The fraction of sp³-hybridized carbons (Fsp3) is 0.594. The van der Waals surface area contributed by atoms with E-state index in [0.717, 1.165) is 24.8 Å². The quantitative estimate of drug-likeness (QED) is 0.170. The Morgan fingerprint density at radius 3 is 2.46 bits per heavy atom. The molecule has 0 radical (unpaired) electrons. The number of likely N-dealkylation sites (tertiary alicyclic amines) is 1. The van der Waals surface area contributed by atoms with Crippen LogP contribution in [0.3, 0.4) is 0 Å². The van der Waals surface area contributed by atoms with Gasteiger partial charge in [-0.2, -0.15) is 0 Å². The predicted molar refractivity (Wildman–Crippen MR) is 162 cm³/mol. The second kappa shape index (κ2) is 14.1. The zero-order valence-electron chi connectivity index (χ0n) is 24.1. The molecule has 1 aromatic rings. The van der Waals surface area contributed by atoms with Crippen molar-refractivity contribution in [3.05, 3.63) is 61.2 Å². The first-order valence-electron chi connectivity index (χ1n) is 14.9. The molecule has 2 bridgehead atoms. The molecule has 224 valence electrons. The minimum Gasteiger partial charge on any atom is -0.396 e. The fourth-order valence-electron chi connectivity index (χ4n) is 6.87. The van der Waals surface area contributed by atoms with Crippen LogP contribution in [-0.4, -0.2) is 92.9 Å². The van der Waals surface area contributed by atoms with Crippen LogP contribution in [0.5, 0.6) is 0 Å². The summed E-state index contributed by atoms with van der Waals surface area (Å²) in [4.78, 5) is 48.0. The van der Waals surface area contributed by atoms with Gasteiger partial charge in [0, 0.05) is 44.2 Å². The molecule has 3 fully saturated rings. The number of benzene rings is 1. The first-order valence-corrected chi connectivity index (χ1v) is 15.8. The van der Waals surface area contributed by atoms with Gasteiger partial charge in [-0.15, -0.1) is 13.2 Å². The van der Waals surface area contributed by atoms with Crippen molar-refractivity contribution in [1.82, 2.24) is 14.7 Å². The van der Waals surface area contributed by atoms with E-state index >= 15 is 0 Å². The summed E-state index contributed by atoms with van der Waals surface area (Å²) in [7, 11) is 0. The fourth-order valence-corrected chi connectivity index (χ4v) is 7.82. The monoisotopic (exact) mass is 629 g/mol. The van der Waals surface area contributed by atoms with Crippen LogP contribution in [0.25, 0.3) is 0 Å². The van der Waals surface area contributed by atoms with Crippen molar-refractivity contribution in [3.63, 3.8) is 0 Å². The van der Waals surface area contributed by atoms with E-state index in [1.165, 1.54) is 0 Å². The lowest BCUT2D eigenvalue weighted by Crippen LogP contribution is -2.57. The highest BCUT2D eigenvalue weighted by Gasteiger charge is 2.76. The molecule has 9 heteroatoms. The first-order chi connectivity index (χ1) is 19.8. The SMILES string of the molecule is C=CCN(CCCC)C(=O)C1N(CCCCCO)C(=O)[C@@H]2[C@@H](C(=O)N(CC=C)Cc3ccccc3)[C@@H]3OC12CC3Br. The van der Waals surface area contributed by atoms with Crippen molar-refractivity contribution >= 4 is 33.7 Å². The van der Waals surface area contributed by atoms with Crippen molar-refractivity contribution in [3.8, 4) is 0 Å². The highest BCUT2D eigenvalue weighted by atomic mass is 79.9. The number of carbonyl (C=O) groups excluding carboxylic acids is 3.